The lowest BCUT2D eigenvalue weighted by molar-refractivity contribution is 0.172. The van der Waals surface area contributed by atoms with Crippen molar-refractivity contribution in [3.05, 3.63) is 34.3 Å². The summed E-state index contributed by atoms with van der Waals surface area (Å²) in [5.41, 5.74) is 1.42. The molecule has 94 valence electrons. The van der Waals surface area contributed by atoms with Crippen LogP contribution in [0.4, 0.5) is 0 Å². The van der Waals surface area contributed by atoms with Crippen LogP contribution in [0, 0.1) is 5.92 Å². The molecule has 17 heavy (non-hydrogen) atoms. The molecule has 0 saturated carbocycles. The maximum Gasteiger partial charge on any atom is 0.0234 e. The molecule has 0 amide bonds. The van der Waals surface area contributed by atoms with Crippen molar-refractivity contribution in [1.82, 2.24) is 4.90 Å². The number of halogens is 1. The monoisotopic (exact) mass is 295 g/mol. The number of nitrogens with zero attached hydrogens (tertiary/aromatic N) is 1. The topological polar surface area (TPSA) is 3.24 Å². The molecule has 1 saturated heterocycles. The van der Waals surface area contributed by atoms with Crippen molar-refractivity contribution in [2.24, 2.45) is 5.92 Å². The van der Waals surface area contributed by atoms with Crippen molar-refractivity contribution in [3.63, 3.8) is 0 Å². The van der Waals surface area contributed by atoms with Gasteiger partial charge >= 0.3 is 0 Å². The van der Waals surface area contributed by atoms with Gasteiger partial charge in [-0.2, -0.15) is 0 Å². The minimum absolute atomic E-state index is 0.985. The Bertz CT molecular complexity index is 343. The van der Waals surface area contributed by atoms with Crippen LogP contribution >= 0.6 is 15.9 Å². The van der Waals surface area contributed by atoms with Gasteiger partial charge in [0.2, 0.25) is 0 Å². The predicted molar refractivity (Wildman–Crippen MR) is 77.1 cm³/mol. The van der Waals surface area contributed by atoms with Gasteiger partial charge in [0.05, 0.1) is 0 Å². The molecule has 0 spiro atoms. The standard InChI is InChI=1S/C15H22BrN/c1-2-4-13-7-9-17(10-8-13)12-14-5-3-6-15(16)11-14/h3,5-6,11,13H,2,4,7-10,12H2,1H3. The quantitative estimate of drug-likeness (QED) is 0.793. The van der Waals surface area contributed by atoms with E-state index in [1.807, 2.05) is 0 Å². The third kappa shape index (κ3) is 4.11. The Morgan fingerprint density at radius 2 is 2.06 bits per heavy atom. The molecule has 0 N–H and O–H groups in total. The van der Waals surface area contributed by atoms with Crippen LogP contribution in [0.5, 0.6) is 0 Å². The summed E-state index contributed by atoms with van der Waals surface area (Å²) in [7, 11) is 0. The smallest absolute Gasteiger partial charge is 0.0234 e. The highest BCUT2D eigenvalue weighted by molar-refractivity contribution is 9.10. The molecule has 2 heteroatoms. The van der Waals surface area contributed by atoms with Gasteiger partial charge < -0.3 is 0 Å². The van der Waals surface area contributed by atoms with Crippen LogP contribution in [-0.4, -0.2) is 18.0 Å². The molecule has 0 aromatic heterocycles. The highest BCUT2D eigenvalue weighted by Gasteiger charge is 2.18. The van der Waals surface area contributed by atoms with Crippen molar-refractivity contribution >= 4 is 15.9 Å². The van der Waals surface area contributed by atoms with Crippen LogP contribution in [-0.2, 0) is 6.54 Å². The van der Waals surface area contributed by atoms with E-state index in [1.165, 1.54) is 48.8 Å². The lowest BCUT2D eigenvalue weighted by atomic mass is 9.92. The maximum absolute atomic E-state index is 3.54. The molecule has 2 rings (SSSR count). The lowest BCUT2D eigenvalue weighted by Crippen LogP contribution is -2.33. The van der Waals surface area contributed by atoms with Crippen LogP contribution in [0.15, 0.2) is 28.7 Å². The zero-order valence-electron chi connectivity index (χ0n) is 10.7. The average molecular weight is 296 g/mol. The van der Waals surface area contributed by atoms with E-state index >= 15 is 0 Å². The Kier molecular flexibility index (Phi) is 5.05. The van der Waals surface area contributed by atoms with E-state index in [0.717, 1.165) is 12.5 Å². The van der Waals surface area contributed by atoms with E-state index in [1.54, 1.807) is 0 Å². The fraction of sp³-hybridized carbons (Fsp3) is 0.600. The second-order valence-corrected chi connectivity index (χ2v) is 6.05. The molecule has 1 aliphatic rings. The molecule has 1 aromatic rings. The normalized spacial score (nSPS) is 18.5. The van der Waals surface area contributed by atoms with Crippen LogP contribution in [0.25, 0.3) is 0 Å². The van der Waals surface area contributed by atoms with Crippen molar-refractivity contribution in [1.29, 1.82) is 0 Å². The number of likely N-dealkylation sites (tertiary alicyclic amines) is 1. The van der Waals surface area contributed by atoms with Crippen molar-refractivity contribution in [2.45, 2.75) is 39.2 Å². The Labute approximate surface area is 113 Å². The predicted octanol–water partition coefficient (Wildman–Crippen LogP) is 4.46. The van der Waals surface area contributed by atoms with Crippen LogP contribution in [0.2, 0.25) is 0 Å². The van der Waals surface area contributed by atoms with Gasteiger partial charge in [0, 0.05) is 11.0 Å². The van der Waals surface area contributed by atoms with E-state index in [9.17, 15) is 0 Å². The molecular formula is C15H22BrN. The summed E-state index contributed by atoms with van der Waals surface area (Å²) in [5, 5.41) is 0. The minimum Gasteiger partial charge on any atom is -0.299 e. The van der Waals surface area contributed by atoms with Gasteiger partial charge in [-0.3, -0.25) is 4.90 Å². The summed E-state index contributed by atoms with van der Waals surface area (Å²) in [6.45, 7) is 5.96. The van der Waals surface area contributed by atoms with E-state index in [4.69, 9.17) is 0 Å². The van der Waals surface area contributed by atoms with Gasteiger partial charge in [0.15, 0.2) is 0 Å². The molecule has 0 radical (unpaired) electrons. The maximum atomic E-state index is 3.54. The third-order valence-corrected chi connectivity index (χ3v) is 4.19. The van der Waals surface area contributed by atoms with Gasteiger partial charge in [-0.1, -0.05) is 47.8 Å². The molecule has 1 heterocycles. The summed E-state index contributed by atoms with van der Waals surface area (Å²) in [6, 6.07) is 8.68. The van der Waals surface area contributed by atoms with Crippen molar-refractivity contribution < 1.29 is 0 Å². The fourth-order valence-electron chi connectivity index (χ4n) is 2.73. The van der Waals surface area contributed by atoms with E-state index in [2.05, 4.69) is 52.0 Å². The van der Waals surface area contributed by atoms with Gasteiger partial charge in [0.1, 0.15) is 0 Å². The lowest BCUT2D eigenvalue weighted by Gasteiger charge is -2.31. The Morgan fingerprint density at radius 3 is 2.71 bits per heavy atom. The molecule has 1 fully saturated rings. The van der Waals surface area contributed by atoms with Crippen molar-refractivity contribution in [2.75, 3.05) is 13.1 Å². The Balaban J connectivity index is 1.82. The van der Waals surface area contributed by atoms with Gasteiger partial charge in [0.25, 0.3) is 0 Å². The van der Waals surface area contributed by atoms with Gasteiger partial charge in [-0.15, -0.1) is 0 Å². The number of benzene rings is 1. The first kappa shape index (κ1) is 13.1. The number of rotatable bonds is 4. The fourth-order valence-corrected chi connectivity index (χ4v) is 3.18. The zero-order valence-corrected chi connectivity index (χ0v) is 12.2. The summed E-state index contributed by atoms with van der Waals surface area (Å²) in [6.07, 6.45) is 5.55. The van der Waals surface area contributed by atoms with Crippen LogP contribution in [0.1, 0.15) is 38.2 Å². The van der Waals surface area contributed by atoms with E-state index in [-0.39, 0.29) is 0 Å². The highest BCUT2D eigenvalue weighted by atomic mass is 79.9. The number of hydrogen-bond donors (Lipinski definition) is 0. The molecule has 0 bridgehead atoms. The summed E-state index contributed by atoms with van der Waals surface area (Å²) < 4.78 is 1.19. The first-order valence-corrected chi connectivity index (χ1v) is 7.54. The second kappa shape index (κ2) is 6.55. The first-order chi connectivity index (χ1) is 8.28. The molecular weight excluding hydrogens is 274 g/mol. The van der Waals surface area contributed by atoms with Gasteiger partial charge in [-0.25, -0.2) is 0 Å². The molecule has 0 atom stereocenters. The molecule has 1 aromatic carbocycles. The van der Waals surface area contributed by atoms with E-state index in [0.29, 0.717) is 0 Å². The van der Waals surface area contributed by atoms with Crippen LogP contribution in [0.3, 0.4) is 0 Å². The van der Waals surface area contributed by atoms with Gasteiger partial charge in [-0.05, 0) is 49.5 Å². The molecule has 1 aliphatic heterocycles. The first-order valence-electron chi connectivity index (χ1n) is 6.74. The van der Waals surface area contributed by atoms with Crippen molar-refractivity contribution in [3.8, 4) is 0 Å². The number of piperidine rings is 1. The van der Waals surface area contributed by atoms with Crippen LogP contribution < -0.4 is 0 Å². The zero-order chi connectivity index (χ0) is 12.1. The van der Waals surface area contributed by atoms with E-state index < -0.39 is 0 Å². The second-order valence-electron chi connectivity index (χ2n) is 5.14. The summed E-state index contributed by atoms with van der Waals surface area (Å²) >= 11 is 3.54. The average Bonchev–Trinajstić information content (AvgIpc) is 2.32. The number of hydrogen-bond acceptors (Lipinski definition) is 1. The highest BCUT2D eigenvalue weighted by Crippen LogP contribution is 2.23. The SMILES string of the molecule is CCCC1CCN(Cc2cccc(Br)c2)CC1. The molecule has 0 unspecified atom stereocenters. The minimum atomic E-state index is 0.985. The third-order valence-electron chi connectivity index (χ3n) is 3.70. The Hall–Kier alpha value is -0.340. The molecule has 1 nitrogen and oxygen atoms in total. The molecule has 0 aliphatic carbocycles. The summed E-state index contributed by atoms with van der Waals surface area (Å²) in [4.78, 5) is 2.59. The largest absolute Gasteiger partial charge is 0.299 e. The Morgan fingerprint density at radius 1 is 1.29 bits per heavy atom. The summed E-state index contributed by atoms with van der Waals surface area (Å²) in [5.74, 6) is 0.985.